The van der Waals surface area contributed by atoms with Crippen molar-refractivity contribution in [2.75, 3.05) is 11.9 Å². The van der Waals surface area contributed by atoms with Gasteiger partial charge in [0.15, 0.2) is 0 Å². The van der Waals surface area contributed by atoms with E-state index in [1.165, 1.54) is 0 Å². The molecule has 1 aromatic rings. The molecular formula is C15H20BrF3N2. The molecule has 2 nitrogen and oxygen atoms in total. The molecular weight excluding hydrogens is 345 g/mol. The highest BCUT2D eigenvalue weighted by Gasteiger charge is 2.47. The molecule has 1 fully saturated rings. The molecule has 2 rings (SSSR count). The van der Waals surface area contributed by atoms with E-state index in [0.717, 1.165) is 15.7 Å². The van der Waals surface area contributed by atoms with Gasteiger partial charge in [-0.1, -0.05) is 22.4 Å². The summed E-state index contributed by atoms with van der Waals surface area (Å²) in [5.41, 5.74) is 7.01. The first kappa shape index (κ1) is 16.6. The van der Waals surface area contributed by atoms with Crippen LogP contribution in [0.3, 0.4) is 0 Å². The molecule has 3 N–H and O–H groups in total. The molecule has 0 bridgehead atoms. The van der Waals surface area contributed by atoms with E-state index >= 15 is 0 Å². The zero-order chi connectivity index (χ0) is 15.7. The van der Waals surface area contributed by atoms with Crippen molar-refractivity contribution in [1.29, 1.82) is 0 Å². The second-order valence-electron chi connectivity index (χ2n) is 5.96. The summed E-state index contributed by atoms with van der Waals surface area (Å²) in [6.45, 7) is 2.15. The van der Waals surface area contributed by atoms with E-state index in [4.69, 9.17) is 5.73 Å². The number of nitrogens with two attached hydrogens (primary N) is 1. The number of alkyl halides is 3. The maximum Gasteiger partial charge on any atom is 0.391 e. The monoisotopic (exact) mass is 364 g/mol. The Labute approximate surface area is 131 Å². The molecule has 0 saturated heterocycles. The molecule has 1 aliphatic carbocycles. The zero-order valence-electron chi connectivity index (χ0n) is 11.9. The molecule has 1 saturated carbocycles. The lowest BCUT2D eigenvalue weighted by Crippen LogP contribution is -2.51. The van der Waals surface area contributed by atoms with Crippen LogP contribution in [0.15, 0.2) is 22.7 Å². The zero-order valence-corrected chi connectivity index (χ0v) is 13.5. The van der Waals surface area contributed by atoms with Gasteiger partial charge in [-0.05, 0) is 49.9 Å². The Balaban J connectivity index is 2.21. The molecule has 2 unspecified atom stereocenters. The Hall–Kier alpha value is -0.750. The first-order chi connectivity index (χ1) is 9.74. The summed E-state index contributed by atoms with van der Waals surface area (Å²) in [6, 6.07) is 5.76. The van der Waals surface area contributed by atoms with Crippen LogP contribution in [0, 0.1) is 12.8 Å². The van der Waals surface area contributed by atoms with Gasteiger partial charge < -0.3 is 11.1 Å². The van der Waals surface area contributed by atoms with Crippen LogP contribution in [0.25, 0.3) is 0 Å². The van der Waals surface area contributed by atoms with Crippen LogP contribution in [-0.4, -0.2) is 18.3 Å². The van der Waals surface area contributed by atoms with Crippen molar-refractivity contribution < 1.29 is 13.2 Å². The average Bonchev–Trinajstić information content (AvgIpc) is 2.36. The fraction of sp³-hybridized carbons (Fsp3) is 0.600. The first-order valence-electron chi connectivity index (χ1n) is 7.06. The van der Waals surface area contributed by atoms with Gasteiger partial charge in [0.1, 0.15) is 0 Å². The average molecular weight is 365 g/mol. The van der Waals surface area contributed by atoms with E-state index < -0.39 is 17.6 Å². The lowest BCUT2D eigenvalue weighted by atomic mass is 9.75. The summed E-state index contributed by atoms with van der Waals surface area (Å²) in [4.78, 5) is 0. The molecule has 0 spiro atoms. The van der Waals surface area contributed by atoms with Gasteiger partial charge >= 0.3 is 6.18 Å². The number of halogens is 4. The minimum Gasteiger partial charge on any atom is -0.378 e. The normalized spacial score (nSPS) is 26.7. The second kappa shape index (κ2) is 6.16. The van der Waals surface area contributed by atoms with Crippen LogP contribution in [0.4, 0.5) is 18.9 Å². The van der Waals surface area contributed by atoms with Crippen molar-refractivity contribution in [3.05, 3.63) is 28.2 Å². The van der Waals surface area contributed by atoms with Crippen LogP contribution in [0.1, 0.15) is 31.2 Å². The molecule has 1 aliphatic rings. The molecule has 0 aliphatic heterocycles. The Morgan fingerprint density at radius 2 is 2.10 bits per heavy atom. The highest BCUT2D eigenvalue weighted by atomic mass is 79.9. The number of nitrogens with one attached hydrogen (secondary N) is 1. The number of hydrogen-bond donors (Lipinski definition) is 2. The summed E-state index contributed by atoms with van der Waals surface area (Å²) in [5.74, 6) is -1.27. The van der Waals surface area contributed by atoms with E-state index in [-0.39, 0.29) is 19.4 Å². The molecule has 0 amide bonds. The van der Waals surface area contributed by atoms with Crippen molar-refractivity contribution in [3.8, 4) is 0 Å². The van der Waals surface area contributed by atoms with Crippen LogP contribution in [0.5, 0.6) is 0 Å². The second-order valence-corrected chi connectivity index (χ2v) is 6.88. The smallest absolute Gasteiger partial charge is 0.378 e. The highest BCUT2D eigenvalue weighted by Crippen LogP contribution is 2.42. The van der Waals surface area contributed by atoms with Crippen molar-refractivity contribution in [1.82, 2.24) is 0 Å². The largest absolute Gasteiger partial charge is 0.391 e. The number of benzene rings is 1. The molecule has 1 aromatic carbocycles. The van der Waals surface area contributed by atoms with Crippen molar-refractivity contribution >= 4 is 21.6 Å². The van der Waals surface area contributed by atoms with Gasteiger partial charge in [0.05, 0.1) is 11.5 Å². The quantitative estimate of drug-likeness (QED) is 0.820. The van der Waals surface area contributed by atoms with E-state index in [2.05, 4.69) is 21.2 Å². The molecule has 21 heavy (non-hydrogen) atoms. The van der Waals surface area contributed by atoms with Gasteiger partial charge in [-0.25, -0.2) is 0 Å². The van der Waals surface area contributed by atoms with Crippen LogP contribution in [-0.2, 0) is 0 Å². The Kier molecular flexibility index (Phi) is 4.88. The summed E-state index contributed by atoms with van der Waals surface area (Å²) >= 11 is 3.41. The van der Waals surface area contributed by atoms with Gasteiger partial charge in [0.2, 0.25) is 0 Å². The molecule has 0 radical (unpaired) electrons. The lowest BCUT2D eigenvalue weighted by molar-refractivity contribution is -0.185. The standard InChI is InChI=1S/C15H20BrF3N2/c1-10-5-12(16)7-13(6-10)21-14(9-20)4-2-3-11(8-14)15(17,18)19/h5-7,11,21H,2-4,8-9,20H2,1H3. The Morgan fingerprint density at radius 1 is 1.38 bits per heavy atom. The third kappa shape index (κ3) is 4.13. The number of hydrogen-bond acceptors (Lipinski definition) is 2. The lowest BCUT2D eigenvalue weighted by Gasteiger charge is -2.42. The minimum atomic E-state index is -4.14. The SMILES string of the molecule is Cc1cc(Br)cc(NC2(CN)CCCC(C(F)(F)F)C2)c1. The summed E-state index contributed by atoms with van der Waals surface area (Å²) in [7, 11) is 0. The third-order valence-corrected chi connectivity index (χ3v) is 4.61. The fourth-order valence-corrected chi connectivity index (χ4v) is 3.71. The van der Waals surface area contributed by atoms with Gasteiger partial charge in [0, 0.05) is 16.7 Å². The summed E-state index contributed by atoms with van der Waals surface area (Å²) in [5, 5.41) is 3.27. The summed E-state index contributed by atoms with van der Waals surface area (Å²) < 4.78 is 39.9. The van der Waals surface area contributed by atoms with Gasteiger partial charge in [-0.15, -0.1) is 0 Å². The molecule has 0 aromatic heterocycles. The number of rotatable bonds is 3. The molecule has 2 atom stereocenters. The van der Waals surface area contributed by atoms with E-state index in [1.54, 1.807) is 0 Å². The van der Waals surface area contributed by atoms with E-state index in [1.807, 2.05) is 25.1 Å². The Morgan fingerprint density at radius 3 is 2.67 bits per heavy atom. The van der Waals surface area contributed by atoms with Crippen molar-refractivity contribution in [2.24, 2.45) is 11.7 Å². The number of anilines is 1. The molecule has 118 valence electrons. The Bertz CT molecular complexity index is 484. The topological polar surface area (TPSA) is 38.0 Å². The van der Waals surface area contributed by atoms with E-state index in [0.29, 0.717) is 12.8 Å². The maximum atomic E-state index is 13.0. The minimum absolute atomic E-state index is 0.0402. The van der Waals surface area contributed by atoms with Gasteiger partial charge in [-0.2, -0.15) is 13.2 Å². The molecule has 0 heterocycles. The van der Waals surface area contributed by atoms with Crippen LogP contribution in [0.2, 0.25) is 0 Å². The van der Waals surface area contributed by atoms with Crippen LogP contribution >= 0.6 is 15.9 Å². The van der Waals surface area contributed by atoms with Crippen molar-refractivity contribution in [3.63, 3.8) is 0 Å². The highest BCUT2D eigenvalue weighted by molar-refractivity contribution is 9.10. The molecule has 6 heteroatoms. The fourth-order valence-electron chi connectivity index (χ4n) is 3.11. The van der Waals surface area contributed by atoms with Crippen LogP contribution < -0.4 is 11.1 Å². The van der Waals surface area contributed by atoms with Gasteiger partial charge in [0.25, 0.3) is 0 Å². The predicted molar refractivity (Wildman–Crippen MR) is 82.3 cm³/mol. The van der Waals surface area contributed by atoms with E-state index in [9.17, 15) is 13.2 Å². The maximum absolute atomic E-state index is 13.0. The van der Waals surface area contributed by atoms with Gasteiger partial charge in [-0.3, -0.25) is 0 Å². The first-order valence-corrected chi connectivity index (χ1v) is 7.86. The third-order valence-electron chi connectivity index (χ3n) is 4.15. The van der Waals surface area contributed by atoms with Crippen molar-refractivity contribution in [2.45, 2.75) is 44.3 Å². The number of aryl methyl sites for hydroxylation is 1. The summed E-state index contributed by atoms with van der Waals surface area (Å²) in [6.07, 6.45) is -2.69. The predicted octanol–water partition coefficient (Wildman–Crippen LogP) is 4.62.